The van der Waals surface area contributed by atoms with Gasteiger partial charge in [-0.15, -0.1) is 0 Å². The molecule has 1 aromatic carbocycles. The van der Waals surface area contributed by atoms with Gasteiger partial charge in [-0.3, -0.25) is 4.79 Å². The molecular formula is C15H26N3O3S+. The predicted molar refractivity (Wildman–Crippen MR) is 87.2 cm³/mol. The van der Waals surface area contributed by atoms with Gasteiger partial charge in [-0.1, -0.05) is 6.07 Å². The quantitative estimate of drug-likeness (QED) is 0.828. The average molecular weight is 328 g/mol. The van der Waals surface area contributed by atoms with Gasteiger partial charge in [0.05, 0.1) is 10.4 Å². The van der Waals surface area contributed by atoms with Gasteiger partial charge >= 0.3 is 0 Å². The van der Waals surface area contributed by atoms with Gasteiger partial charge in [0.25, 0.3) is 5.91 Å². The third-order valence-corrected chi connectivity index (χ3v) is 5.09. The normalized spacial score (nSPS) is 12.5. The van der Waals surface area contributed by atoms with Crippen molar-refractivity contribution in [2.24, 2.45) is 0 Å². The van der Waals surface area contributed by atoms with Gasteiger partial charge in [-0.25, -0.2) is 12.7 Å². The third kappa shape index (κ3) is 5.08. The average Bonchev–Trinajstić information content (AvgIpc) is 2.37. The highest BCUT2D eigenvalue weighted by Gasteiger charge is 2.21. The highest BCUT2D eigenvalue weighted by Crippen LogP contribution is 2.22. The lowest BCUT2D eigenvalue weighted by Gasteiger charge is -2.17. The number of rotatable bonds is 5. The van der Waals surface area contributed by atoms with Crippen molar-refractivity contribution in [1.29, 1.82) is 0 Å². The molecule has 0 radical (unpaired) electrons. The lowest BCUT2D eigenvalue weighted by molar-refractivity contribution is -0.707. The summed E-state index contributed by atoms with van der Waals surface area (Å²) < 4.78 is 25.7. The molecule has 0 unspecified atom stereocenters. The molecule has 0 saturated carbocycles. The molecule has 124 valence electrons. The molecule has 0 saturated heterocycles. The van der Waals surface area contributed by atoms with Crippen molar-refractivity contribution in [3.63, 3.8) is 0 Å². The molecule has 0 fully saturated rings. The van der Waals surface area contributed by atoms with Gasteiger partial charge in [0.15, 0.2) is 6.54 Å². The molecule has 0 aliphatic rings. The van der Waals surface area contributed by atoms with E-state index >= 15 is 0 Å². The van der Waals surface area contributed by atoms with Gasteiger partial charge < -0.3 is 10.6 Å². The Kier molecular flexibility index (Phi) is 5.72. The molecule has 0 aliphatic carbocycles. The number of nitrogens with zero attached hydrogens (tertiary/aromatic N) is 1. The van der Waals surface area contributed by atoms with E-state index in [1.54, 1.807) is 19.1 Å². The first kappa shape index (κ1) is 18.6. The minimum atomic E-state index is -3.53. The Labute approximate surface area is 132 Å². The van der Waals surface area contributed by atoms with E-state index in [4.69, 9.17) is 0 Å². The number of carbonyl (C=O) groups is 1. The number of anilines is 1. The summed E-state index contributed by atoms with van der Waals surface area (Å²) >= 11 is 0. The van der Waals surface area contributed by atoms with Crippen molar-refractivity contribution in [2.45, 2.75) is 38.1 Å². The minimum Gasteiger partial charge on any atom is -0.334 e. The Morgan fingerprint density at radius 1 is 1.27 bits per heavy atom. The number of sulfonamides is 1. The van der Waals surface area contributed by atoms with E-state index in [-0.39, 0.29) is 22.9 Å². The Hall–Kier alpha value is -1.44. The fourth-order valence-electron chi connectivity index (χ4n) is 1.76. The number of hydrogen-bond acceptors (Lipinski definition) is 3. The van der Waals surface area contributed by atoms with E-state index in [1.807, 2.05) is 26.1 Å². The molecule has 1 amide bonds. The first-order chi connectivity index (χ1) is 9.93. The Morgan fingerprint density at radius 2 is 1.86 bits per heavy atom. The van der Waals surface area contributed by atoms with Crippen molar-refractivity contribution in [3.8, 4) is 0 Å². The van der Waals surface area contributed by atoms with E-state index in [0.29, 0.717) is 11.3 Å². The zero-order valence-electron chi connectivity index (χ0n) is 14.1. The number of nitrogens with two attached hydrogens (primary N) is 1. The van der Waals surface area contributed by atoms with E-state index in [1.165, 1.54) is 20.2 Å². The van der Waals surface area contributed by atoms with Gasteiger partial charge in [-0.05, 0) is 45.4 Å². The summed E-state index contributed by atoms with van der Waals surface area (Å²) in [6.07, 6.45) is 0. The molecule has 1 rings (SSSR count). The standard InChI is InChI=1S/C15H25N3O3S/c1-11-7-8-12(9-13(11)22(20,21)18(5)6)17-14(19)10-16-15(2,3)4/h7-9,16H,10H2,1-6H3,(H,17,19)/p+1. The second-order valence-corrected chi connectivity index (χ2v) is 8.71. The first-order valence-corrected chi connectivity index (χ1v) is 8.55. The summed E-state index contributed by atoms with van der Waals surface area (Å²) in [5.74, 6) is -0.160. The zero-order valence-corrected chi connectivity index (χ0v) is 14.9. The third-order valence-electron chi connectivity index (χ3n) is 3.13. The number of aryl methyl sites for hydroxylation is 1. The molecule has 0 bridgehead atoms. The topological polar surface area (TPSA) is 83.1 Å². The maximum atomic E-state index is 12.3. The second kappa shape index (κ2) is 6.76. The molecule has 1 aromatic rings. The van der Waals surface area contributed by atoms with Crippen LogP contribution in [-0.2, 0) is 14.8 Å². The van der Waals surface area contributed by atoms with Crippen molar-refractivity contribution in [2.75, 3.05) is 26.0 Å². The SMILES string of the molecule is Cc1ccc(NC(=O)C[NH2+]C(C)(C)C)cc1S(=O)(=O)N(C)C. The highest BCUT2D eigenvalue weighted by molar-refractivity contribution is 7.89. The fraction of sp³-hybridized carbons (Fsp3) is 0.533. The number of hydrogen-bond donors (Lipinski definition) is 2. The largest absolute Gasteiger partial charge is 0.334 e. The fourth-order valence-corrected chi connectivity index (χ4v) is 2.91. The molecule has 22 heavy (non-hydrogen) atoms. The number of nitrogens with one attached hydrogen (secondary N) is 1. The predicted octanol–water partition coefficient (Wildman–Crippen LogP) is 0.546. The van der Waals surface area contributed by atoms with E-state index < -0.39 is 10.0 Å². The lowest BCUT2D eigenvalue weighted by Crippen LogP contribution is -2.95. The maximum absolute atomic E-state index is 12.3. The molecule has 0 atom stereocenters. The van der Waals surface area contributed by atoms with Crippen LogP contribution in [0, 0.1) is 6.92 Å². The van der Waals surface area contributed by atoms with Crippen molar-refractivity contribution in [1.82, 2.24) is 4.31 Å². The van der Waals surface area contributed by atoms with Crippen molar-refractivity contribution < 1.29 is 18.5 Å². The van der Waals surface area contributed by atoms with Crippen LogP contribution in [0.15, 0.2) is 23.1 Å². The number of carbonyl (C=O) groups excluding carboxylic acids is 1. The molecule has 0 aromatic heterocycles. The monoisotopic (exact) mass is 328 g/mol. The maximum Gasteiger partial charge on any atom is 0.279 e. The highest BCUT2D eigenvalue weighted by atomic mass is 32.2. The Balaban J connectivity index is 2.93. The second-order valence-electron chi connectivity index (χ2n) is 6.59. The van der Waals surface area contributed by atoms with Crippen LogP contribution in [0.5, 0.6) is 0 Å². The minimum absolute atomic E-state index is 0.0377. The van der Waals surface area contributed by atoms with Crippen LogP contribution < -0.4 is 10.6 Å². The molecule has 3 N–H and O–H groups in total. The van der Waals surface area contributed by atoms with Crippen LogP contribution >= 0.6 is 0 Å². The summed E-state index contributed by atoms with van der Waals surface area (Å²) in [6, 6.07) is 4.90. The van der Waals surface area contributed by atoms with Gasteiger partial charge in [0, 0.05) is 19.8 Å². The van der Waals surface area contributed by atoms with Gasteiger partial charge in [0.1, 0.15) is 0 Å². The van der Waals surface area contributed by atoms with Crippen LogP contribution in [0.4, 0.5) is 5.69 Å². The summed E-state index contributed by atoms with van der Waals surface area (Å²) in [5.41, 5.74) is 1.09. The van der Waals surface area contributed by atoms with Crippen LogP contribution in [0.1, 0.15) is 26.3 Å². The zero-order chi connectivity index (χ0) is 17.1. The summed E-state index contributed by atoms with van der Waals surface area (Å²) in [7, 11) is -0.558. The van der Waals surface area contributed by atoms with Crippen LogP contribution in [0.3, 0.4) is 0 Å². The lowest BCUT2D eigenvalue weighted by atomic mass is 10.1. The molecular weight excluding hydrogens is 302 g/mol. The van der Waals surface area contributed by atoms with Crippen LogP contribution in [-0.4, -0.2) is 44.8 Å². The number of benzene rings is 1. The molecule has 7 heteroatoms. The van der Waals surface area contributed by atoms with Crippen LogP contribution in [0.25, 0.3) is 0 Å². The summed E-state index contributed by atoms with van der Waals surface area (Å²) in [5, 5.41) is 4.66. The van der Waals surface area contributed by atoms with Crippen molar-refractivity contribution >= 4 is 21.6 Å². The van der Waals surface area contributed by atoms with Crippen molar-refractivity contribution in [3.05, 3.63) is 23.8 Å². The Morgan fingerprint density at radius 3 is 2.36 bits per heavy atom. The van der Waals surface area contributed by atoms with Gasteiger partial charge in [0.2, 0.25) is 10.0 Å². The first-order valence-electron chi connectivity index (χ1n) is 7.11. The number of quaternary nitrogens is 1. The summed E-state index contributed by atoms with van der Waals surface area (Å²) in [4.78, 5) is 12.1. The number of amides is 1. The van der Waals surface area contributed by atoms with E-state index in [2.05, 4.69) is 5.32 Å². The molecule has 0 aliphatic heterocycles. The molecule has 0 spiro atoms. The van der Waals surface area contributed by atoms with E-state index in [0.717, 1.165) is 4.31 Å². The smallest absolute Gasteiger partial charge is 0.279 e. The Bertz CT molecular complexity index is 646. The molecule has 0 heterocycles. The van der Waals surface area contributed by atoms with Gasteiger partial charge in [-0.2, -0.15) is 0 Å². The summed E-state index contributed by atoms with van der Waals surface area (Å²) in [6.45, 7) is 8.08. The van der Waals surface area contributed by atoms with Crippen LogP contribution in [0.2, 0.25) is 0 Å². The van der Waals surface area contributed by atoms with E-state index in [9.17, 15) is 13.2 Å². The molecule has 6 nitrogen and oxygen atoms in total.